The molecule has 4 fully saturated rings. The molecule has 4 bridgehead atoms. The summed E-state index contributed by atoms with van der Waals surface area (Å²) >= 11 is 0. The molecule has 116 valence electrons. The molecule has 0 saturated heterocycles. The van der Waals surface area contributed by atoms with Crippen LogP contribution < -0.4 is 0 Å². The number of fused-ring (bicyclic) bond motifs is 1. The maximum absolute atomic E-state index is 12.4. The van der Waals surface area contributed by atoms with Crippen LogP contribution in [-0.4, -0.2) is 5.78 Å². The Morgan fingerprint density at radius 3 is 2.26 bits per heavy atom. The zero-order valence-electron chi connectivity index (χ0n) is 13.4. The van der Waals surface area contributed by atoms with Gasteiger partial charge in [-0.3, -0.25) is 4.79 Å². The number of ketones is 1. The maximum Gasteiger partial charge on any atom is 0.186 e. The first-order valence-electron chi connectivity index (χ1n) is 9.01. The van der Waals surface area contributed by atoms with Crippen LogP contribution in [0.4, 0.5) is 0 Å². The summed E-state index contributed by atoms with van der Waals surface area (Å²) in [6, 6.07) is 8.21. The van der Waals surface area contributed by atoms with Crippen molar-refractivity contribution in [3.05, 3.63) is 59.2 Å². The first kappa shape index (κ1) is 13.5. The number of hydrogen-bond acceptors (Lipinski definition) is 1. The fraction of sp³-hybridized carbons (Fsp3) is 0.409. The third-order valence-corrected chi connectivity index (χ3v) is 6.45. The van der Waals surface area contributed by atoms with Crippen LogP contribution in [0.2, 0.25) is 0 Å². The molecule has 23 heavy (non-hydrogen) atoms. The molecule has 0 N–H and O–H groups in total. The van der Waals surface area contributed by atoms with Crippen LogP contribution >= 0.6 is 0 Å². The largest absolute Gasteiger partial charge is 0.289 e. The van der Waals surface area contributed by atoms with Gasteiger partial charge < -0.3 is 0 Å². The van der Waals surface area contributed by atoms with Crippen molar-refractivity contribution >= 4 is 17.4 Å². The molecule has 0 amide bonds. The van der Waals surface area contributed by atoms with E-state index in [-0.39, 0.29) is 5.78 Å². The molecule has 0 spiro atoms. The lowest BCUT2D eigenvalue weighted by Crippen LogP contribution is -2.40. The van der Waals surface area contributed by atoms with Gasteiger partial charge in [-0.2, -0.15) is 0 Å². The predicted octanol–water partition coefficient (Wildman–Crippen LogP) is 5.05. The molecule has 1 heteroatoms. The summed E-state index contributed by atoms with van der Waals surface area (Å²) < 4.78 is 0. The quantitative estimate of drug-likeness (QED) is 0.664. The number of benzene rings is 1. The summed E-state index contributed by atoms with van der Waals surface area (Å²) in [5, 5.41) is 0. The maximum atomic E-state index is 12.4. The highest BCUT2D eigenvalue weighted by atomic mass is 16.1. The second kappa shape index (κ2) is 5.06. The summed E-state index contributed by atoms with van der Waals surface area (Å²) in [6.45, 7) is 0. The standard InChI is InChI=1S/C22H22O/c23-22-8-5-16-3-1-2-4-20(16)21(22)7-6-19-17-10-14-9-15(12-17)13-18(19)11-14/h1-8,14-15,17-18H,9-13H2/b19-6?,21-7-. The normalized spacial score (nSPS) is 35.7. The van der Waals surface area contributed by atoms with Crippen molar-refractivity contribution in [2.24, 2.45) is 23.7 Å². The van der Waals surface area contributed by atoms with Gasteiger partial charge in [0.05, 0.1) is 0 Å². The number of carbonyl (C=O) groups is 1. The zero-order valence-corrected chi connectivity index (χ0v) is 13.4. The molecule has 0 heterocycles. The van der Waals surface area contributed by atoms with Gasteiger partial charge in [0.1, 0.15) is 0 Å². The predicted molar refractivity (Wildman–Crippen MR) is 93.6 cm³/mol. The van der Waals surface area contributed by atoms with Gasteiger partial charge in [-0.1, -0.05) is 48.1 Å². The first-order chi connectivity index (χ1) is 11.3. The lowest BCUT2D eigenvalue weighted by atomic mass is 9.54. The van der Waals surface area contributed by atoms with E-state index in [1.165, 1.54) is 32.1 Å². The van der Waals surface area contributed by atoms with Crippen LogP contribution in [0.1, 0.15) is 43.2 Å². The highest BCUT2D eigenvalue weighted by Crippen LogP contribution is 2.56. The minimum Gasteiger partial charge on any atom is -0.289 e. The fourth-order valence-electron chi connectivity index (χ4n) is 5.63. The van der Waals surface area contributed by atoms with Crippen LogP contribution in [0, 0.1) is 23.7 Å². The van der Waals surface area contributed by atoms with Crippen molar-refractivity contribution in [1.29, 1.82) is 0 Å². The minimum atomic E-state index is 0.143. The smallest absolute Gasteiger partial charge is 0.186 e. The van der Waals surface area contributed by atoms with E-state index in [9.17, 15) is 4.79 Å². The van der Waals surface area contributed by atoms with Crippen molar-refractivity contribution in [3.63, 3.8) is 0 Å². The van der Waals surface area contributed by atoms with Crippen LogP contribution in [-0.2, 0) is 4.79 Å². The number of carbonyl (C=O) groups excluding carboxylic acids is 1. The molecule has 0 radical (unpaired) electrons. The Morgan fingerprint density at radius 1 is 0.826 bits per heavy atom. The molecular formula is C22H22O. The Bertz CT molecular complexity index is 732. The average molecular weight is 302 g/mol. The topological polar surface area (TPSA) is 17.1 Å². The Balaban J connectivity index is 1.52. The van der Waals surface area contributed by atoms with E-state index < -0.39 is 0 Å². The summed E-state index contributed by atoms with van der Waals surface area (Å²) in [5.74, 6) is 3.72. The summed E-state index contributed by atoms with van der Waals surface area (Å²) in [5.41, 5.74) is 4.75. The summed E-state index contributed by atoms with van der Waals surface area (Å²) in [4.78, 5) is 12.4. The lowest BCUT2D eigenvalue weighted by molar-refractivity contribution is -0.109. The van der Waals surface area contributed by atoms with E-state index in [1.54, 1.807) is 11.6 Å². The van der Waals surface area contributed by atoms with Gasteiger partial charge in [-0.05, 0) is 73.0 Å². The first-order valence-corrected chi connectivity index (χ1v) is 9.01. The van der Waals surface area contributed by atoms with Gasteiger partial charge in [0.15, 0.2) is 5.78 Å². The average Bonchev–Trinajstić information content (AvgIpc) is 2.55. The monoisotopic (exact) mass is 302 g/mol. The van der Waals surface area contributed by atoms with E-state index >= 15 is 0 Å². The SMILES string of the molecule is O=C1C=Cc2ccccc2/C1=C/C=C1C2CC3CC(C2)CC1C3. The van der Waals surface area contributed by atoms with Gasteiger partial charge >= 0.3 is 0 Å². The molecule has 0 aromatic heterocycles. The Kier molecular flexibility index (Phi) is 2.98. The van der Waals surface area contributed by atoms with Crippen molar-refractivity contribution in [2.45, 2.75) is 32.1 Å². The second-order valence-electron chi connectivity index (χ2n) is 7.84. The van der Waals surface area contributed by atoms with E-state index in [2.05, 4.69) is 24.3 Å². The number of allylic oxidation sites excluding steroid dienone is 5. The van der Waals surface area contributed by atoms with Crippen molar-refractivity contribution in [1.82, 2.24) is 0 Å². The number of rotatable bonds is 1. The molecule has 1 aromatic carbocycles. The third kappa shape index (κ3) is 2.17. The van der Waals surface area contributed by atoms with E-state index in [0.717, 1.165) is 40.4 Å². The molecule has 1 aromatic rings. The molecule has 5 aliphatic rings. The minimum absolute atomic E-state index is 0.143. The van der Waals surface area contributed by atoms with E-state index in [0.29, 0.717) is 0 Å². The Morgan fingerprint density at radius 2 is 1.52 bits per heavy atom. The molecule has 5 aliphatic carbocycles. The van der Waals surface area contributed by atoms with Crippen LogP contribution in [0.3, 0.4) is 0 Å². The second-order valence-corrected chi connectivity index (χ2v) is 7.84. The van der Waals surface area contributed by atoms with Crippen LogP contribution in [0.25, 0.3) is 11.6 Å². The number of hydrogen-bond donors (Lipinski definition) is 0. The third-order valence-electron chi connectivity index (χ3n) is 6.45. The van der Waals surface area contributed by atoms with Gasteiger partial charge in [-0.25, -0.2) is 0 Å². The summed E-state index contributed by atoms with van der Waals surface area (Å²) in [7, 11) is 0. The molecule has 0 unspecified atom stereocenters. The zero-order chi connectivity index (χ0) is 15.4. The van der Waals surface area contributed by atoms with Crippen molar-refractivity contribution < 1.29 is 4.79 Å². The fourth-order valence-corrected chi connectivity index (χ4v) is 5.63. The van der Waals surface area contributed by atoms with Gasteiger partial charge in [0, 0.05) is 5.57 Å². The summed E-state index contributed by atoms with van der Waals surface area (Å²) in [6.07, 6.45) is 15.1. The van der Waals surface area contributed by atoms with Crippen LogP contribution in [0.15, 0.2) is 48.1 Å². The molecular weight excluding hydrogens is 280 g/mol. The van der Waals surface area contributed by atoms with Crippen LogP contribution in [0.5, 0.6) is 0 Å². The van der Waals surface area contributed by atoms with Crippen molar-refractivity contribution in [3.8, 4) is 0 Å². The van der Waals surface area contributed by atoms with Gasteiger partial charge in [0.2, 0.25) is 0 Å². The molecule has 0 atom stereocenters. The highest BCUT2D eigenvalue weighted by Gasteiger charge is 2.44. The van der Waals surface area contributed by atoms with Gasteiger partial charge in [0.25, 0.3) is 0 Å². The lowest BCUT2D eigenvalue weighted by Gasteiger charge is -2.51. The highest BCUT2D eigenvalue weighted by molar-refractivity contribution is 6.30. The molecule has 0 aliphatic heterocycles. The van der Waals surface area contributed by atoms with E-state index in [4.69, 9.17) is 0 Å². The van der Waals surface area contributed by atoms with E-state index in [1.807, 2.05) is 18.2 Å². The Hall–Kier alpha value is -1.89. The van der Waals surface area contributed by atoms with Crippen molar-refractivity contribution in [2.75, 3.05) is 0 Å². The Labute approximate surface area is 137 Å². The molecule has 1 nitrogen and oxygen atoms in total. The molecule has 6 rings (SSSR count). The molecule has 4 saturated carbocycles. The van der Waals surface area contributed by atoms with Gasteiger partial charge in [-0.15, -0.1) is 0 Å².